The molecule has 0 atom stereocenters. The van der Waals surface area contributed by atoms with Crippen LogP contribution in [0.3, 0.4) is 0 Å². The molecule has 1 aromatic rings. The largest absolute Gasteiger partial charge is 0.493 e. The number of benzene rings is 1. The molecule has 1 aliphatic heterocycles. The second-order valence-electron chi connectivity index (χ2n) is 4.57. The minimum atomic E-state index is 0.687. The molecule has 1 saturated heterocycles. The van der Waals surface area contributed by atoms with Crippen LogP contribution >= 0.6 is 0 Å². The molecule has 0 aliphatic carbocycles. The maximum absolute atomic E-state index is 5.92. The lowest BCUT2D eigenvalue weighted by Crippen LogP contribution is -2.44. The summed E-state index contributed by atoms with van der Waals surface area (Å²) in [4.78, 5) is 4.60. The molecule has 1 aromatic carbocycles. The zero-order valence-corrected chi connectivity index (χ0v) is 11.3. The number of nitrogens with zero attached hydrogens (tertiary/aromatic N) is 2. The van der Waals surface area contributed by atoms with Gasteiger partial charge in [0.2, 0.25) is 0 Å². The van der Waals surface area contributed by atoms with Crippen molar-refractivity contribution in [3.05, 3.63) is 12.1 Å². The summed E-state index contributed by atoms with van der Waals surface area (Å²) < 4.78 is 10.8. The van der Waals surface area contributed by atoms with Crippen molar-refractivity contribution in [1.29, 1.82) is 0 Å². The molecule has 1 fully saturated rings. The van der Waals surface area contributed by atoms with Crippen molar-refractivity contribution in [3.8, 4) is 11.5 Å². The van der Waals surface area contributed by atoms with Gasteiger partial charge in [0.05, 0.1) is 19.9 Å². The van der Waals surface area contributed by atoms with Gasteiger partial charge in [0, 0.05) is 37.9 Å². The number of nitrogens with two attached hydrogens (primary N) is 1. The van der Waals surface area contributed by atoms with E-state index in [0.717, 1.165) is 37.6 Å². The summed E-state index contributed by atoms with van der Waals surface area (Å²) in [7, 11) is 5.42. The Kier molecular flexibility index (Phi) is 3.81. The van der Waals surface area contributed by atoms with Crippen LogP contribution in [0.2, 0.25) is 0 Å². The van der Waals surface area contributed by atoms with E-state index in [0.29, 0.717) is 11.4 Å². The van der Waals surface area contributed by atoms with Crippen LogP contribution in [0, 0.1) is 0 Å². The van der Waals surface area contributed by atoms with Crippen molar-refractivity contribution >= 4 is 11.4 Å². The van der Waals surface area contributed by atoms with Gasteiger partial charge in [-0.3, -0.25) is 0 Å². The number of ether oxygens (including phenoxy) is 2. The van der Waals surface area contributed by atoms with Crippen LogP contribution in [0.25, 0.3) is 0 Å². The highest BCUT2D eigenvalue weighted by molar-refractivity contribution is 5.71. The van der Waals surface area contributed by atoms with Gasteiger partial charge in [-0.05, 0) is 13.1 Å². The van der Waals surface area contributed by atoms with E-state index in [1.165, 1.54) is 0 Å². The minimum Gasteiger partial charge on any atom is -0.493 e. The number of hydrogen-bond acceptors (Lipinski definition) is 5. The first kappa shape index (κ1) is 12.8. The lowest BCUT2D eigenvalue weighted by molar-refractivity contribution is 0.309. The third-order valence-corrected chi connectivity index (χ3v) is 3.33. The first-order valence-electron chi connectivity index (χ1n) is 6.10. The number of anilines is 2. The maximum Gasteiger partial charge on any atom is 0.184 e. The van der Waals surface area contributed by atoms with Crippen molar-refractivity contribution in [2.45, 2.75) is 0 Å². The zero-order chi connectivity index (χ0) is 13.1. The number of methoxy groups -OCH3 is 2. The molecule has 2 N–H and O–H groups in total. The fourth-order valence-electron chi connectivity index (χ4n) is 2.25. The normalized spacial score (nSPS) is 16.7. The quantitative estimate of drug-likeness (QED) is 0.813. The Balaban J connectivity index is 2.33. The lowest BCUT2D eigenvalue weighted by Gasteiger charge is -2.35. The molecule has 2 rings (SSSR count). The Labute approximate surface area is 108 Å². The predicted octanol–water partition coefficient (Wildman–Crippen LogP) is 1.04. The van der Waals surface area contributed by atoms with E-state index in [1.807, 2.05) is 6.07 Å². The number of piperazine rings is 1. The van der Waals surface area contributed by atoms with Gasteiger partial charge in [-0.15, -0.1) is 0 Å². The Morgan fingerprint density at radius 1 is 1.06 bits per heavy atom. The first-order chi connectivity index (χ1) is 8.65. The molecule has 0 unspecified atom stereocenters. The minimum absolute atomic E-state index is 0.687. The fraction of sp³-hybridized carbons (Fsp3) is 0.538. The average Bonchev–Trinajstić information content (AvgIpc) is 2.38. The molecular weight excluding hydrogens is 230 g/mol. The summed E-state index contributed by atoms with van der Waals surface area (Å²) in [6.07, 6.45) is 0. The van der Waals surface area contributed by atoms with Crippen LogP contribution in [-0.2, 0) is 0 Å². The van der Waals surface area contributed by atoms with Crippen LogP contribution in [0.1, 0.15) is 0 Å². The third-order valence-electron chi connectivity index (χ3n) is 3.33. The molecule has 0 spiro atoms. The predicted molar refractivity (Wildman–Crippen MR) is 73.7 cm³/mol. The van der Waals surface area contributed by atoms with Crippen molar-refractivity contribution in [2.24, 2.45) is 0 Å². The van der Waals surface area contributed by atoms with Gasteiger partial charge in [-0.25, -0.2) is 0 Å². The number of rotatable bonds is 3. The Morgan fingerprint density at radius 2 is 1.72 bits per heavy atom. The van der Waals surface area contributed by atoms with E-state index < -0.39 is 0 Å². The van der Waals surface area contributed by atoms with E-state index in [9.17, 15) is 0 Å². The standard InChI is InChI=1S/C13H21N3O2/c1-15-4-6-16(7-5-15)11-8-10(14)9-12(17-2)13(11)18-3/h8-9H,4-7,14H2,1-3H3. The Hall–Kier alpha value is -1.62. The highest BCUT2D eigenvalue weighted by Crippen LogP contribution is 2.40. The summed E-state index contributed by atoms with van der Waals surface area (Å²) in [5, 5.41) is 0. The summed E-state index contributed by atoms with van der Waals surface area (Å²) in [6, 6.07) is 3.74. The zero-order valence-electron chi connectivity index (χ0n) is 11.3. The van der Waals surface area contributed by atoms with Crippen molar-refractivity contribution < 1.29 is 9.47 Å². The van der Waals surface area contributed by atoms with Crippen LogP contribution in [-0.4, -0.2) is 52.3 Å². The van der Waals surface area contributed by atoms with Gasteiger partial charge < -0.3 is 25.0 Å². The summed E-state index contributed by atoms with van der Waals surface area (Å²) in [5.41, 5.74) is 7.63. The summed E-state index contributed by atoms with van der Waals surface area (Å²) in [6.45, 7) is 4.03. The van der Waals surface area contributed by atoms with Gasteiger partial charge >= 0.3 is 0 Å². The molecule has 100 valence electrons. The number of nitrogen functional groups attached to an aromatic ring is 1. The molecule has 0 bridgehead atoms. The van der Waals surface area contributed by atoms with Gasteiger partial charge in [-0.2, -0.15) is 0 Å². The molecule has 5 nitrogen and oxygen atoms in total. The molecule has 18 heavy (non-hydrogen) atoms. The van der Waals surface area contributed by atoms with Gasteiger partial charge in [-0.1, -0.05) is 0 Å². The lowest BCUT2D eigenvalue weighted by atomic mass is 10.2. The van der Waals surface area contributed by atoms with Crippen LogP contribution in [0.4, 0.5) is 11.4 Å². The molecule has 0 amide bonds. The second kappa shape index (κ2) is 5.35. The smallest absolute Gasteiger partial charge is 0.184 e. The van der Waals surface area contributed by atoms with E-state index in [-0.39, 0.29) is 0 Å². The maximum atomic E-state index is 5.92. The van der Waals surface area contributed by atoms with Crippen molar-refractivity contribution in [1.82, 2.24) is 4.90 Å². The van der Waals surface area contributed by atoms with Crippen molar-refractivity contribution in [2.75, 3.05) is 58.1 Å². The fourth-order valence-corrected chi connectivity index (χ4v) is 2.25. The number of likely N-dealkylation sites (N-methyl/N-ethyl adjacent to an activating group) is 1. The average molecular weight is 251 g/mol. The Bertz CT molecular complexity index is 415. The van der Waals surface area contributed by atoms with Crippen LogP contribution in [0.5, 0.6) is 11.5 Å². The van der Waals surface area contributed by atoms with E-state index in [2.05, 4.69) is 16.8 Å². The SMILES string of the molecule is COc1cc(N)cc(N2CCN(C)CC2)c1OC. The molecule has 0 aromatic heterocycles. The van der Waals surface area contributed by atoms with Crippen LogP contribution in [0.15, 0.2) is 12.1 Å². The molecule has 0 radical (unpaired) electrons. The Morgan fingerprint density at radius 3 is 2.28 bits per heavy atom. The number of hydrogen-bond donors (Lipinski definition) is 1. The topological polar surface area (TPSA) is 51.0 Å². The summed E-state index contributed by atoms with van der Waals surface area (Å²) in [5.74, 6) is 1.45. The van der Waals surface area contributed by atoms with Gasteiger partial charge in [0.25, 0.3) is 0 Å². The molecule has 1 heterocycles. The summed E-state index contributed by atoms with van der Waals surface area (Å²) >= 11 is 0. The molecular formula is C13H21N3O2. The molecule has 1 aliphatic rings. The third kappa shape index (κ3) is 2.46. The molecule has 5 heteroatoms. The second-order valence-corrected chi connectivity index (χ2v) is 4.57. The molecule has 0 saturated carbocycles. The van der Waals surface area contributed by atoms with E-state index in [1.54, 1.807) is 20.3 Å². The van der Waals surface area contributed by atoms with E-state index >= 15 is 0 Å². The van der Waals surface area contributed by atoms with E-state index in [4.69, 9.17) is 15.2 Å². The highest BCUT2D eigenvalue weighted by atomic mass is 16.5. The first-order valence-corrected chi connectivity index (χ1v) is 6.10. The van der Waals surface area contributed by atoms with Crippen LogP contribution < -0.4 is 20.1 Å². The van der Waals surface area contributed by atoms with Crippen molar-refractivity contribution in [3.63, 3.8) is 0 Å². The monoisotopic (exact) mass is 251 g/mol. The highest BCUT2D eigenvalue weighted by Gasteiger charge is 2.20. The van der Waals surface area contributed by atoms with Gasteiger partial charge in [0.1, 0.15) is 0 Å². The van der Waals surface area contributed by atoms with Gasteiger partial charge in [0.15, 0.2) is 11.5 Å².